The fourth-order valence-corrected chi connectivity index (χ4v) is 5.42. The van der Waals surface area contributed by atoms with Crippen molar-refractivity contribution in [3.8, 4) is 11.3 Å². The van der Waals surface area contributed by atoms with E-state index in [-0.39, 0.29) is 17.3 Å². The molecular weight excluding hydrogens is 504 g/mol. The lowest BCUT2D eigenvalue weighted by Crippen LogP contribution is -2.18. The van der Waals surface area contributed by atoms with E-state index < -0.39 is 16.6 Å². The van der Waals surface area contributed by atoms with Gasteiger partial charge in [0.15, 0.2) is 10.6 Å². The summed E-state index contributed by atoms with van der Waals surface area (Å²) in [6, 6.07) is 30.1. The van der Waals surface area contributed by atoms with Crippen LogP contribution in [0.3, 0.4) is 0 Å². The minimum absolute atomic E-state index is 0.0187. The first-order chi connectivity index (χ1) is 18.5. The van der Waals surface area contributed by atoms with Crippen molar-refractivity contribution < 1.29 is 13.7 Å². The van der Waals surface area contributed by atoms with Crippen molar-refractivity contribution >= 4 is 22.7 Å². The van der Waals surface area contributed by atoms with Gasteiger partial charge in [-0.25, -0.2) is 13.8 Å². The monoisotopic (exact) mass is 527 g/mol. The average molecular weight is 528 g/mol. The molecule has 0 aliphatic carbocycles. The molecule has 0 aliphatic rings. The summed E-state index contributed by atoms with van der Waals surface area (Å²) in [6.07, 6.45) is 0.700. The molecule has 0 N–H and O–H groups in total. The van der Waals surface area contributed by atoms with Crippen LogP contribution in [0.2, 0.25) is 0 Å². The van der Waals surface area contributed by atoms with E-state index in [1.807, 2.05) is 46.3 Å². The zero-order chi connectivity index (χ0) is 26.5. The van der Waals surface area contributed by atoms with Crippen LogP contribution >= 0.6 is 11.3 Å². The van der Waals surface area contributed by atoms with E-state index in [1.165, 1.54) is 35.6 Å². The molecule has 0 bridgehead atoms. The molecule has 38 heavy (non-hydrogen) atoms. The smallest absolute Gasteiger partial charge is 0.270 e. The lowest BCUT2D eigenvalue weighted by molar-refractivity contribution is -0.384. The Labute approximate surface area is 222 Å². The molecule has 0 aliphatic heterocycles. The maximum Gasteiger partial charge on any atom is 0.270 e. The minimum Gasteiger partial charge on any atom is -0.316 e. The first-order valence-electron chi connectivity index (χ1n) is 12.0. The van der Waals surface area contributed by atoms with Crippen molar-refractivity contribution in [3.63, 3.8) is 0 Å². The summed E-state index contributed by atoms with van der Waals surface area (Å²) in [6.45, 7) is 0.512. The van der Waals surface area contributed by atoms with Crippen molar-refractivity contribution in [3.05, 3.63) is 146 Å². The molecule has 8 heteroatoms. The van der Waals surface area contributed by atoms with E-state index in [0.29, 0.717) is 23.3 Å². The fraction of sp³-hybridized carbons (Fsp3) is 0.100. The van der Waals surface area contributed by atoms with E-state index in [2.05, 4.69) is 29.3 Å². The van der Waals surface area contributed by atoms with Crippen molar-refractivity contribution in [1.82, 2.24) is 4.57 Å². The molecule has 1 aromatic heterocycles. The summed E-state index contributed by atoms with van der Waals surface area (Å²) in [5.41, 5.74) is 3.72. The van der Waals surface area contributed by atoms with E-state index in [1.54, 1.807) is 12.1 Å². The SMILES string of the molecule is O=[N+]([O-])c1cccc(-c2csc(=Nc3ccc(F)cc3F)n2CCC(c2ccccc2)c2ccccc2)c1. The Hall–Kier alpha value is -4.43. The Kier molecular flexibility index (Phi) is 7.51. The predicted molar refractivity (Wildman–Crippen MR) is 145 cm³/mol. The van der Waals surface area contributed by atoms with Crippen LogP contribution in [0, 0.1) is 21.7 Å². The summed E-state index contributed by atoms with van der Waals surface area (Å²) in [5, 5.41) is 13.3. The summed E-state index contributed by atoms with van der Waals surface area (Å²) in [4.78, 5) is 16.0. The van der Waals surface area contributed by atoms with Crippen molar-refractivity contribution in [1.29, 1.82) is 0 Å². The van der Waals surface area contributed by atoms with Crippen LogP contribution in [0.1, 0.15) is 23.5 Å². The van der Waals surface area contributed by atoms with Crippen LogP contribution in [0.5, 0.6) is 0 Å². The number of rotatable bonds is 8. The van der Waals surface area contributed by atoms with Gasteiger partial charge in [-0.1, -0.05) is 72.8 Å². The van der Waals surface area contributed by atoms with Gasteiger partial charge in [0.2, 0.25) is 0 Å². The van der Waals surface area contributed by atoms with Crippen LogP contribution in [-0.4, -0.2) is 9.49 Å². The molecular formula is C30H23F2N3O2S. The highest BCUT2D eigenvalue weighted by Crippen LogP contribution is 2.31. The molecule has 0 spiro atoms. The Balaban J connectivity index is 1.60. The molecule has 0 saturated carbocycles. The zero-order valence-electron chi connectivity index (χ0n) is 20.2. The van der Waals surface area contributed by atoms with Crippen molar-refractivity contribution in [2.75, 3.05) is 0 Å². The number of nitrogens with zero attached hydrogens (tertiary/aromatic N) is 3. The predicted octanol–water partition coefficient (Wildman–Crippen LogP) is 7.86. The minimum atomic E-state index is -0.756. The Morgan fingerprint density at radius 2 is 1.55 bits per heavy atom. The van der Waals surface area contributed by atoms with Gasteiger partial charge < -0.3 is 4.57 Å². The molecule has 0 saturated heterocycles. The summed E-state index contributed by atoms with van der Waals surface area (Å²) < 4.78 is 29.9. The van der Waals surface area contributed by atoms with Gasteiger partial charge in [0.25, 0.3) is 5.69 Å². The number of thiazole rings is 1. The molecule has 0 radical (unpaired) electrons. The zero-order valence-corrected chi connectivity index (χ0v) is 21.0. The molecule has 5 aromatic rings. The number of nitro groups is 1. The van der Waals surface area contributed by atoms with Gasteiger partial charge in [-0.2, -0.15) is 0 Å². The van der Waals surface area contributed by atoms with Crippen LogP contribution in [0.25, 0.3) is 11.3 Å². The third-order valence-electron chi connectivity index (χ3n) is 6.32. The number of benzene rings is 4. The fourth-order valence-electron chi connectivity index (χ4n) is 4.47. The van der Waals surface area contributed by atoms with E-state index >= 15 is 0 Å². The lowest BCUT2D eigenvalue weighted by atomic mass is 9.88. The van der Waals surface area contributed by atoms with E-state index in [4.69, 9.17) is 0 Å². The lowest BCUT2D eigenvalue weighted by Gasteiger charge is -2.19. The molecule has 5 nitrogen and oxygen atoms in total. The van der Waals surface area contributed by atoms with Crippen molar-refractivity contribution in [2.45, 2.75) is 18.9 Å². The quantitative estimate of drug-likeness (QED) is 0.152. The highest BCUT2D eigenvalue weighted by Gasteiger charge is 2.17. The van der Waals surface area contributed by atoms with Gasteiger partial charge >= 0.3 is 0 Å². The highest BCUT2D eigenvalue weighted by atomic mass is 32.1. The second-order valence-electron chi connectivity index (χ2n) is 8.73. The largest absolute Gasteiger partial charge is 0.316 e. The molecule has 1 heterocycles. The molecule has 190 valence electrons. The van der Waals surface area contributed by atoms with Gasteiger partial charge in [-0.15, -0.1) is 11.3 Å². The average Bonchev–Trinajstić information content (AvgIpc) is 3.34. The number of aromatic nitrogens is 1. The van der Waals surface area contributed by atoms with Gasteiger partial charge in [0, 0.05) is 41.6 Å². The molecule has 0 atom stereocenters. The Morgan fingerprint density at radius 1 is 0.868 bits per heavy atom. The third kappa shape index (κ3) is 5.60. The molecule has 0 amide bonds. The topological polar surface area (TPSA) is 60.4 Å². The van der Waals surface area contributed by atoms with Crippen LogP contribution in [-0.2, 0) is 6.54 Å². The first-order valence-corrected chi connectivity index (χ1v) is 12.9. The number of hydrogen-bond donors (Lipinski definition) is 0. The maximum absolute atomic E-state index is 14.5. The number of halogens is 2. The molecule has 0 fully saturated rings. The number of nitro benzene ring substituents is 1. The maximum atomic E-state index is 14.5. The van der Waals surface area contributed by atoms with Crippen LogP contribution in [0.15, 0.2) is 114 Å². The summed E-state index contributed by atoms with van der Waals surface area (Å²) in [5.74, 6) is -1.35. The standard InChI is InChI=1S/C30H23F2N3O2S/c31-24-14-15-28(27(32)19-24)33-30-34(29(20-38-30)23-12-7-13-25(18-23)35(36)37)17-16-26(21-8-3-1-4-9-21)22-10-5-2-6-11-22/h1-15,18-20,26H,16-17H2. The molecule has 5 rings (SSSR count). The summed E-state index contributed by atoms with van der Waals surface area (Å²) >= 11 is 1.30. The highest BCUT2D eigenvalue weighted by molar-refractivity contribution is 7.07. The van der Waals surface area contributed by atoms with Gasteiger partial charge in [-0.05, 0) is 29.7 Å². The molecule has 4 aromatic carbocycles. The Bertz CT molecular complexity index is 1590. The van der Waals surface area contributed by atoms with Crippen LogP contribution < -0.4 is 4.80 Å². The second kappa shape index (κ2) is 11.3. The van der Waals surface area contributed by atoms with Gasteiger partial charge in [0.05, 0.1) is 10.6 Å². The summed E-state index contributed by atoms with van der Waals surface area (Å²) in [7, 11) is 0. The number of hydrogen-bond acceptors (Lipinski definition) is 4. The number of non-ortho nitro benzene ring substituents is 1. The first kappa shape index (κ1) is 25.2. The second-order valence-corrected chi connectivity index (χ2v) is 9.57. The Morgan fingerprint density at radius 3 is 2.18 bits per heavy atom. The van der Waals surface area contributed by atoms with Crippen molar-refractivity contribution in [2.24, 2.45) is 4.99 Å². The third-order valence-corrected chi connectivity index (χ3v) is 7.19. The molecule has 0 unspecified atom stereocenters. The normalized spacial score (nSPS) is 11.7. The van der Waals surface area contributed by atoms with E-state index in [0.717, 1.165) is 22.9 Å². The van der Waals surface area contributed by atoms with E-state index in [9.17, 15) is 18.9 Å². The van der Waals surface area contributed by atoms with Gasteiger partial charge in [-0.3, -0.25) is 10.1 Å². The van der Waals surface area contributed by atoms with Gasteiger partial charge in [0.1, 0.15) is 11.5 Å². The van der Waals surface area contributed by atoms with Crippen LogP contribution in [0.4, 0.5) is 20.2 Å².